The van der Waals surface area contributed by atoms with Gasteiger partial charge in [0.1, 0.15) is 17.3 Å². The van der Waals surface area contributed by atoms with Crippen LogP contribution in [0.25, 0.3) is 0 Å². The van der Waals surface area contributed by atoms with Crippen LogP contribution in [0.3, 0.4) is 0 Å². The standard InChI is InChI=1S/C21H31N5O2/c1-6-26(7-2)17-9-10-18(15(3)13-17)25-20-14-19(23-16(4)24-20)21(27)22-11-8-12-28-5/h9-10,13-14H,6-8,11-12H2,1-5H3,(H,22,27)(H,23,24,25). The largest absolute Gasteiger partial charge is 0.385 e. The Morgan fingerprint density at radius 1 is 1.14 bits per heavy atom. The van der Waals surface area contributed by atoms with Gasteiger partial charge in [-0.05, 0) is 57.9 Å². The molecule has 0 bridgehead atoms. The van der Waals surface area contributed by atoms with Gasteiger partial charge >= 0.3 is 0 Å². The van der Waals surface area contributed by atoms with Crippen molar-refractivity contribution in [3.8, 4) is 0 Å². The molecule has 0 aliphatic heterocycles. The van der Waals surface area contributed by atoms with Crippen molar-refractivity contribution < 1.29 is 9.53 Å². The van der Waals surface area contributed by atoms with Gasteiger partial charge in [0.05, 0.1) is 0 Å². The number of hydrogen-bond acceptors (Lipinski definition) is 6. The minimum atomic E-state index is -0.210. The second-order valence-corrected chi connectivity index (χ2v) is 6.58. The Morgan fingerprint density at radius 2 is 1.89 bits per heavy atom. The molecule has 1 amide bonds. The maximum absolute atomic E-state index is 12.3. The lowest BCUT2D eigenvalue weighted by Crippen LogP contribution is -2.26. The number of carbonyl (C=O) groups is 1. The summed E-state index contributed by atoms with van der Waals surface area (Å²) in [5.41, 5.74) is 3.62. The SMILES string of the molecule is CCN(CC)c1ccc(Nc2cc(C(=O)NCCCOC)nc(C)n2)c(C)c1. The molecule has 1 aromatic carbocycles. The zero-order chi connectivity index (χ0) is 20.5. The average molecular weight is 386 g/mol. The Kier molecular flexibility index (Phi) is 8.19. The number of nitrogens with zero attached hydrogens (tertiary/aromatic N) is 3. The van der Waals surface area contributed by atoms with E-state index < -0.39 is 0 Å². The molecule has 2 rings (SSSR count). The van der Waals surface area contributed by atoms with E-state index in [2.05, 4.69) is 58.4 Å². The van der Waals surface area contributed by atoms with Gasteiger partial charge < -0.3 is 20.3 Å². The third kappa shape index (κ3) is 5.92. The van der Waals surface area contributed by atoms with Crippen molar-refractivity contribution in [2.24, 2.45) is 0 Å². The number of carbonyl (C=O) groups excluding carboxylic acids is 1. The molecule has 0 aliphatic rings. The van der Waals surface area contributed by atoms with Crippen molar-refractivity contribution >= 4 is 23.1 Å². The Labute approximate surface area is 167 Å². The number of benzene rings is 1. The van der Waals surface area contributed by atoms with E-state index in [0.29, 0.717) is 30.5 Å². The third-order valence-corrected chi connectivity index (χ3v) is 4.48. The highest BCUT2D eigenvalue weighted by Crippen LogP contribution is 2.25. The molecule has 0 fully saturated rings. The molecular formula is C21H31N5O2. The molecule has 0 unspecified atom stereocenters. The molecule has 0 spiro atoms. The van der Waals surface area contributed by atoms with Gasteiger partial charge in [0.2, 0.25) is 0 Å². The fourth-order valence-electron chi connectivity index (χ4n) is 2.97. The summed E-state index contributed by atoms with van der Waals surface area (Å²) in [5, 5.41) is 6.17. The number of nitrogens with one attached hydrogen (secondary N) is 2. The van der Waals surface area contributed by atoms with E-state index in [9.17, 15) is 4.79 Å². The van der Waals surface area contributed by atoms with Crippen LogP contribution in [0.4, 0.5) is 17.2 Å². The maximum atomic E-state index is 12.3. The Hall–Kier alpha value is -2.67. The molecule has 7 heteroatoms. The van der Waals surface area contributed by atoms with Gasteiger partial charge in [-0.3, -0.25) is 4.79 Å². The third-order valence-electron chi connectivity index (χ3n) is 4.48. The van der Waals surface area contributed by atoms with E-state index in [0.717, 1.165) is 30.8 Å². The number of rotatable bonds is 10. The molecular weight excluding hydrogens is 354 g/mol. The number of aryl methyl sites for hydroxylation is 2. The summed E-state index contributed by atoms with van der Waals surface area (Å²) < 4.78 is 4.99. The number of aromatic nitrogens is 2. The van der Waals surface area contributed by atoms with Crippen LogP contribution in [0.2, 0.25) is 0 Å². The maximum Gasteiger partial charge on any atom is 0.270 e. The van der Waals surface area contributed by atoms with Gasteiger partial charge in [0.15, 0.2) is 0 Å². The van der Waals surface area contributed by atoms with Crippen LogP contribution in [0.15, 0.2) is 24.3 Å². The van der Waals surface area contributed by atoms with E-state index in [4.69, 9.17) is 4.74 Å². The van der Waals surface area contributed by atoms with E-state index in [1.807, 2.05) is 6.07 Å². The van der Waals surface area contributed by atoms with Crippen molar-refractivity contribution in [3.05, 3.63) is 41.3 Å². The second-order valence-electron chi connectivity index (χ2n) is 6.58. The predicted molar refractivity (Wildman–Crippen MR) is 114 cm³/mol. The van der Waals surface area contributed by atoms with Crippen LogP contribution in [-0.2, 0) is 4.74 Å². The Morgan fingerprint density at radius 3 is 2.54 bits per heavy atom. The predicted octanol–water partition coefficient (Wildman–Crippen LogP) is 3.45. The average Bonchev–Trinajstić information content (AvgIpc) is 2.67. The number of hydrogen-bond donors (Lipinski definition) is 2. The summed E-state index contributed by atoms with van der Waals surface area (Å²) in [4.78, 5) is 23.3. The topological polar surface area (TPSA) is 79.4 Å². The van der Waals surface area contributed by atoms with Crippen LogP contribution in [0.5, 0.6) is 0 Å². The highest BCUT2D eigenvalue weighted by Gasteiger charge is 2.11. The summed E-state index contributed by atoms with van der Waals surface area (Å²) in [6.45, 7) is 11.2. The molecule has 2 N–H and O–H groups in total. The van der Waals surface area contributed by atoms with E-state index >= 15 is 0 Å². The minimum absolute atomic E-state index is 0.210. The Balaban J connectivity index is 2.14. The van der Waals surface area contributed by atoms with E-state index in [1.165, 1.54) is 5.69 Å². The van der Waals surface area contributed by atoms with Crippen LogP contribution in [-0.4, -0.2) is 49.2 Å². The van der Waals surface area contributed by atoms with Gasteiger partial charge in [-0.1, -0.05) is 0 Å². The summed E-state index contributed by atoms with van der Waals surface area (Å²) >= 11 is 0. The van der Waals surface area contributed by atoms with E-state index in [1.54, 1.807) is 20.1 Å². The first-order valence-corrected chi connectivity index (χ1v) is 9.73. The second kappa shape index (κ2) is 10.6. The lowest BCUT2D eigenvalue weighted by atomic mass is 10.1. The molecule has 0 saturated heterocycles. The van der Waals surface area contributed by atoms with Crippen LogP contribution in [0.1, 0.15) is 42.1 Å². The van der Waals surface area contributed by atoms with Crippen LogP contribution >= 0.6 is 0 Å². The monoisotopic (exact) mass is 385 g/mol. The molecule has 0 saturated carbocycles. The molecule has 1 heterocycles. The van der Waals surface area contributed by atoms with Crippen LogP contribution < -0.4 is 15.5 Å². The summed E-state index contributed by atoms with van der Waals surface area (Å²) in [5.74, 6) is 0.941. The van der Waals surface area contributed by atoms with Gasteiger partial charge in [0, 0.05) is 50.8 Å². The van der Waals surface area contributed by atoms with Gasteiger partial charge in [-0.15, -0.1) is 0 Å². The molecule has 0 atom stereocenters. The first-order chi connectivity index (χ1) is 13.5. The highest BCUT2D eigenvalue weighted by molar-refractivity contribution is 5.93. The summed E-state index contributed by atoms with van der Waals surface area (Å²) in [7, 11) is 1.64. The molecule has 7 nitrogen and oxygen atoms in total. The molecule has 0 aliphatic carbocycles. The molecule has 28 heavy (non-hydrogen) atoms. The minimum Gasteiger partial charge on any atom is -0.385 e. The van der Waals surface area contributed by atoms with Crippen molar-refractivity contribution in [1.29, 1.82) is 0 Å². The van der Waals surface area contributed by atoms with Crippen molar-refractivity contribution in [2.45, 2.75) is 34.1 Å². The van der Waals surface area contributed by atoms with Crippen LogP contribution in [0, 0.1) is 13.8 Å². The fraction of sp³-hybridized carbons (Fsp3) is 0.476. The lowest BCUT2D eigenvalue weighted by molar-refractivity contribution is 0.0943. The molecule has 2 aromatic rings. The first kappa shape index (κ1) is 21.6. The number of anilines is 3. The normalized spacial score (nSPS) is 10.6. The zero-order valence-corrected chi connectivity index (χ0v) is 17.5. The number of amides is 1. The smallest absolute Gasteiger partial charge is 0.270 e. The quantitative estimate of drug-likeness (QED) is 0.610. The highest BCUT2D eigenvalue weighted by atomic mass is 16.5. The van der Waals surface area contributed by atoms with Crippen molar-refractivity contribution in [1.82, 2.24) is 15.3 Å². The summed E-state index contributed by atoms with van der Waals surface area (Å²) in [6.07, 6.45) is 0.759. The van der Waals surface area contributed by atoms with Crippen molar-refractivity contribution in [2.75, 3.05) is 43.6 Å². The zero-order valence-electron chi connectivity index (χ0n) is 17.5. The van der Waals surface area contributed by atoms with Gasteiger partial charge in [-0.25, -0.2) is 9.97 Å². The number of methoxy groups -OCH3 is 1. The van der Waals surface area contributed by atoms with Gasteiger partial charge in [0.25, 0.3) is 5.91 Å². The molecule has 152 valence electrons. The Bertz CT molecular complexity index is 790. The lowest BCUT2D eigenvalue weighted by Gasteiger charge is -2.22. The number of ether oxygens (including phenoxy) is 1. The van der Waals surface area contributed by atoms with Crippen molar-refractivity contribution in [3.63, 3.8) is 0 Å². The fourth-order valence-corrected chi connectivity index (χ4v) is 2.97. The van der Waals surface area contributed by atoms with E-state index in [-0.39, 0.29) is 5.91 Å². The summed E-state index contributed by atoms with van der Waals surface area (Å²) in [6, 6.07) is 7.98. The van der Waals surface area contributed by atoms with Gasteiger partial charge in [-0.2, -0.15) is 0 Å². The first-order valence-electron chi connectivity index (χ1n) is 9.73. The molecule has 0 radical (unpaired) electrons. The molecule has 1 aromatic heterocycles.